The third-order valence-electron chi connectivity index (χ3n) is 4.58. The van der Waals surface area contributed by atoms with E-state index in [1.807, 2.05) is 0 Å². The number of phenols is 1. The molecule has 1 amide bonds. The predicted molar refractivity (Wildman–Crippen MR) is 114 cm³/mol. The van der Waals surface area contributed by atoms with Gasteiger partial charge in [-0.25, -0.2) is 17.2 Å². The first kappa shape index (κ1) is 22.7. The highest BCUT2D eigenvalue weighted by molar-refractivity contribution is 7.90. The van der Waals surface area contributed by atoms with E-state index in [4.69, 9.17) is 11.6 Å². The van der Waals surface area contributed by atoms with Gasteiger partial charge in [0.1, 0.15) is 16.5 Å². The van der Waals surface area contributed by atoms with Crippen LogP contribution in [-0.4, -0.2) is 38.4 Å². The number of rotatable bonds is 5. The minimum atomic E-state index is -4.35. The maximum atomic E-state index is 14.4. The van der Waals surface area contributed by atoms with Crippen molar-refractivity contribution in [3.63, 3.8) is 0 Å². The van der Waals surface area contributed by atoms with E-state index >= 15 is 0 Å². The SMILES string of the molecule is CN(C)C(=O)c1cc(Cl)c(O)c(S(=O)(=O)Cc2cc(-c3ccccc3)c(F)cc2F)c1. The molecule has 3 rings (SSSR count). The molecule has 0 radical (unpaired) electrons. The Morgan fingerprint density at radius 2 is 1.68 bits per heavy atom. The van der Waals surface area contributed by atoms with Gasteiger partial charge in [-0.1, -0.05) is 41.9 Å². The number of benzene rings is 3. The van der Waals surface area contributed by atoms with Crippen molar-refractivity contribution in [3.8, 4) is 16.9 Å². The Bertz CT molecular complexity index is 1260. The highest BCUT2D eigenvalue weighted by Gasteiger charge is 2.26. The molecule has 0 saturated heterocycles. The van der Waals surface area contributed by atoms with E-state index in [9.17, 15) is 27.1 Å². The first-order valence-corrected chi connectivity index (χ1v) is 11.0. The second-order valence-corrected chi connectivity index (χ2v) is 9.42. The number of hydrogen-bond donors (Lipinski definition) is 1. The van der Waals surface area contributed by atoms with E-state index in [0.29, 0.717) is 11.6 Å². The Hall–Kier alpha value is -2.97. The molecule has 9 heteroatoms. The highest BCUT2D eigenvalue weighted by atomic mass is 35.5. The zero-order chi connectivity index (χ0) is 22.9. The van der Waals surface area contributed by atoms with Gasteiger partial charge in [-0.05, 0) is 23.8 Å². The van der Waals surface area contributed by atoms with E-state index in [1.54, 1.807) is 30.3 Å². The number of hydrogen-bond acceptors (Lipinski definition) is 4. The molecule has 0 unspecified atom stereocenters. The van der Waals surface area contributed by atoms with E-state index in [-0.39, 0.29) is 21.7 Å². The lowest BCUT2D eigenvalue weighted by molar-refractivity contribution is 0.0827. The minimum Gasteiger partial charge on any atom is -0.505 e. The summed E-state index contributed by atoms with van der Waals surface area (Å²) < 4.78 is 54.7. The van der Waals surface area contributed by atoms with Crippen molar-refractivity contribution in [2.75, 3.05) is 14.1 Å². The van der Waals surface area contributed by atoms with Gasteiger partial charge < -0.3 is 10.0 Å². The maximum absolute atomic E-state index is 14.4. The van der Waals surface area contributed by atoms with Crippen molar-refractivity contribution in [1.29, 1.82) is 0 Å². The first-order chi connectivity index (χ1) is 14.5. The third kappa shape index (κ3) is 4.70. The number of carbonyl (C=O) groups is 1. The predicted octanol–water partition coefficient (Wildman–Crippen LogP) is 4.67. The second-order valence-electron chi connectivity index (χ2n) is 7.05. The van der Waals surface area contributed by atoms with Gasteiger partial charge in [0.2, 0.25) is 0 Å². The zero-order valence-corrected chi connectivity index (χ0v) is 18.1. The molecule has 3 aromatic rings. The van der Waals surface area contributed by atoms with Gasteiger partial charge >= 0.3 is 0 Å². The standard InChI is InChI=1S/C22H18ClF2NO4S/c1-26(2)22(28)14-9-17(23)21(27)20(10-14)31(29,30)12-15-8-16(19(25)11-18(15)24)13-6-4-3-5-7-13/h3-11,27H,12H2,1-2H3. The molecule has 31 heavy (non-hydrogen) atoms. The zero-order valence-electron chi connectivity index (χ0n) is 16.6. The molecular weight excluding hydrogens is 448 g/mol. The Kier molecular flexibility index (Phi) is 6.33. The van der Waals surface area contributed by atoms with Crippen LogP contribution in [0.5, 0.6) is 5.75 Å². The molecule has 3 aromatic carbocycles. The van der Waals surface area contributed by atoms with Gasteiger partial charge in [0.25, 0.3) is 5.91 Å². The van der Waals surface area contributed by atoms with Crippen LogP contribution in [0.1, 0.15) is 15.9 Å². The quantitative estimate of drug-likeness (QED) is 0.594. The van der Waals surface area contributed by atoms with Gasteiger partial charge in [0.05, 0.1) is 10.8 Å². The van der Waals surface area contributed by atoms with E-state index in [1.165, 1.54) is 19.0 Å². The molecule has 0 atom stereocenters. The maximum Gasteiger partial charge on any atom is 0.253 e. The Balaban J connectivity index is 2.08. The third-order valence-corrected chi connectivity index (χ3v) is 6.54. The molecule has 0 aliphatic rings. The van der Waals surface area contributed by atoms with Gasteiger partial charge in [-0.2, -0.15) is 0 Å². The summed E-state index contributed by atoms with van der Waals surface area (Å²) in [5.74, 6) is -4.04. The lowest BCUT2D eigenvalue weighted by atomic mass is 10.0. The molecule has 0 bridgehead atoms. The summed E-state index contributed by atoms with van der Waals surface area (Å²) in [6.07, 6.45) is 0. The van der Waals surface area contributed by atoms with Gasteiger partial charge in [0.15, 0.2) is 15.6 Å². The van der Waals surface area contributed by atoms with Crippen LogP contribution in [0, 0.1) is 11.6 Å². The summed E-state index contributed by atoms with van der Waals surface area (Å²) in [5, 5.41) is 9.88. The monoisotopic (exact) mass is 465 g/mol. The smallest absolute Gasteiger partial charge is 0.253 e. The van der Waals surface area contributed by atoms with Crippen LogP contribution in [0.15, 0.2) is 59.5 Å². The number of nitrogens with zero attached hydrogens (tertiary/aromatic N) is 1. The summed E-state index contributed by atoms with van der Waals surface area (Å²) in [6.45, 7) is 0. The molecule has 0 fully saturated rings. The highest BCUT2D eigenvalue weighted by Crippen LogP contribution is 2.35. The fourth-order valence-electron chi connectivity index (χ4n) is 3.02. The molecule has 0 spiro atoms. The van der Waals surface area contributed by atoms with Crippen molar-refractivity contribution < 1.29 is 27.1 Å². The second kappa shape index (κ2) is 8.64. The van der Waals surface area contributed by atoms with Crippen LogP contribution >= 0.6 is 11.6 Å². The summed E-state index contributed by atoms with van der Waals surface area (Å²) >= 11 is 5.93. The van der Waals surface area contributed by atoms with Crippen molar-refractivity contribution >= 4 is 27.3 Å². The van der Waals surface area contributed by atoms with Crippen molar-refractivity contribution in [2.45, 2.75) is 10.6 Å². The Morgan fingerprint density at radius 3 is 2.29 bits per heavy atom. The lowest BCUT2D eigenvalue weighted by Crippen LogP contribution is -2.22. The van der Waals surface area contributed by atoms with Gasteiger partial charge in [-0.3, -0.25) is 4.79 Å². The molecular formula is C22H18ClF2NO4S. The topological polar surface area (TPSA) is 74.7 Å². The van der Waals surface area contributed by atoms with Gasteiger partial charge in [-0.15, -0.1) is 0 Å². The van der Waals surface area contributed by atoms with Crippen molar-refractivity contribution in [3.05, 3.63) is 82.4 Å². The van der Waals surface area contributed by atoms with Crippen LogP contribution in [0.3, 0.4) is 0 Å². The number of carbonyl (C=O) groups excluding carboxylic acids is 1. The number of sulfone groups is 1. The molecule has 162 valence electrons. The van der Waals surface area contributed by atoms with Crippen LogP contribution in [-0.2, 0) is 15.6 Å². The number of amides is 1. The minimum absolute atomic E-state index is 0.0333. The molecule has 0 saturated carbocycles. The van der Waals surface area contributed by atoms with Crippen LogP contribution in [0.4, 0.5) is 8.78 Å². The van der Waals surface area contributed by atoms with Gasteiger partial charge in [0, 0.05) is 36.9 Å². The largest absolute Gasteiger partial charge is 0.505 e. The van der Waals surface area contributed by atoms with Crippen LogP contribution in [0.25, 0.3) is 11.1 Å². The lowest BCUT2D eigenvalue weighted by Gasteiger charge is -2.14. The number of aromatic hydroxyl groups is 1. The fourth-order valence-corrected chi connectivity index (χ4v) is 4.79. The van der Waals surface area contributed by atoms with Crippen LogP contribution in [0.2, 0.25) is 5.02 Å². The summed E-state index contributed by atoms with van der Waals surface area (Å²) in [4.78, 5) is 12.8. The molecule has 0 aromatic heterocycles. The molecule has 0 heterocycles. The summed E-state index contributed by atoms with van der Waals surface area (Å²) in [5.41, 5.74) is 0.130. The van der Waals surface area contributed by atoms with Crippen molar-refractivity contribution in [2.24, 2.45) is 0 Å². The first-order valence-electron chi connectivity index (χ1n) is 9.01. The van der Waals surface area contributed by atoms with E-state index < -0.39 is 43.8 Å². The van der Waals surface area contributed by atoms with Crippen LogP contribution < -0.4 is 0 Å². The van der Waals surface area contributed by atoms with E-state index in [0.717, 1.165) is 18.2 Å². The summed E-state index contributed by atoms with van der Waals surface area (Å²) in [6, 6.07) is 12.1. The normalized spacial score (nSPS) is 11.4. The number of halogens is 3. The average Bonchev–Trinajstić information content (AvgIpc) is 2.71. The van der Waals surface area contributed by atoms with Crippen molar-refractivity contribution in [1.82, 2.24) is 4.90 Å². The molecule has 1 N–H and O–H groups in total. The molecule has 5 nitrogen and oxygen atoms in total. The number of phenolic OH excluding ortho intramolecular Hbond substituents is 1. The Morgan fingerprint density at radius 1 is 1.03 bits per heavy atom. The van der Waals surface area contributed by atoms with E-state index in [2.05, 4.69) is 0 Å². The molecule has 0 aliphatic heterocycles. The summed E-state index contributed by atoms with van der Waals surface area (Å²) in [7, 11) is -1.41. The molecule has 0 aliphatic carbocycles. The Labute approximate surface area is 183 Å². The fraction of sp³-hybridized carbons (Fsp3) is 0.136. The average molecular weight is 466 g/mol.